The smallest absolute Gasteiger partial charge is 0.366 e. The molecule has 0 aliphatic carbocycles. The van der Waals surface area contributed by atoms with E-state index in [-0.39, 0.29) is 0 Å². The molecular weight excluding hydrogens is 240 g/mol. The lowest BCUT2D eigenvalue weighted by Crippen LogP contribution is -2.10. The number of aromatic nitrogens is 1. The number of anilines is 1. The highest BCUT2D eigenvalue weighted by Gasteiger charge is 2.25. The Labute approximate surface area is 93.0 Å². The zero-order chi connectivity index (χ0) is 13.2. The van der Waals surface area contributed by atoms with Crippen LogP contribution in [0.1, 0.15) is 17.6 Å². The maximum absolute atomic E-state index is 12.6. The summed E-state index contributed by atoms with van der Waals surface area (Å²) in [5.41, 5.74) is 4.04. The predicted molar refractivity (Wildman–Crippen MR) is 51.6 cm³/mol. The van der Waals surface area contributed by atoms with Crippen LogP contribution in [0.3, 0.4) is 0 Å². The summed E-state index contributed by atoms with van der Waals surface area (Å²) in [4.78, 5) is 23.1. The summed E-state index contributed by atoms with van der Waals surface area (Å²) >= 11 is 0. The van der Waals surface area contributed by atoms with E-state index in [1.165, 1.54) is 0 Å². The maximum Gasteiger partial charge on any atom is 0.366 e. The van der Waals surface area contributed by atoms with Crippen molar-refractivity contribution in [3.05, 3.63) is 27.3 Å². The molecule has 17 heavy (non-hydrogen) atoms. The normalized spacial score (nSPS) is 10.5. The molecular formula is C8H7F2N3O4. The molecule has 7 nitrogen and oxygen atoms in total. The number of hydrogen-bond donors (Lipinski definition) is 2. The first kappa shape index (κ1) is 12.7. The van der Waals surface area contributed by atoms with E-state index in [0.29, 0.717) is 6.07 Å². The second kappa shape index (κ2) is 4.68. The zero-order valence-corrected chi connectivity index (χ0v) is 8.26. The van der Waals surface area contributed by atoms with Crippen molar-refractivity contribution in [3.8, 4) is 0 Å². The number of hydrogen-bond acceptors (Lipinski definition) is 5. The molecule has 1 aromatic rings. The molecule has 0 spiro atoms. The summed E-state index contributed by atoms with van der Waals surface area (Å²) in [6.45, 7) is 0. The van der Waals surface area contributed by atoms with E-state index >= 15 is 0 Å². The van der Waals surface area contributed by atoms with Gasteiger partial charge in [0.2, 0.25) is 5.82 Å². The van der Waals surface area contributed by atoms with Crippen molar-refractivity contribution in [2.75, 3.05) is 5.73 Å². The summed E-state index contributed by atoms with van der Waals surface area (Å²) in [5, 5.41) is 18.9. The number of halogens is 2. The first-order chi connectivity index (χ1) is 7.82. The standard InChI is InChI=1S/C8H7F2N3O4/c9-7(10)3-1-5(13(16)17)12-8(11)4(3)2-6(14)15/h1,7H,2H2,(H2,11,12)(H,14,15). The summed E-state index contributed by atoms with van der Waals surface area (Å²) in [7, 11) is 0. The number of nitrogens with zero attached hydrogens (tertiary/aromatic N) is 2. The van der Waals surface area contributed by atoms with Crippen molar-refractivity contribution in [1.82, 2.24) is 4.98 Å². The molecule has 0 amide bonds. The van der Waals surface area contributed by atoms with Gasteiger partial charge in [-0.05, 0) is 9.91 Å². The Morgan fingerprint density at radius 3 is 2.65 bits per heavy atom. The lowest BCUT2D eigenvalue weighted by Gasteiger charge is -2.06. The van der Waals surface area contributed by atoms with Crippen molar-refractivity contribution in [2.24, 2.45) is 0 Å². The van der Waals surface area contributed by atoms with Crippen LogP contribution in [0, 0.1) is 10.1 Å². The van der Waals surface area contributed by atoms with Crippen molar-refractivity contribution in [2.45, 2.75) is 12.8 Å². The van der Waals surface area contributed by atoms with E-state index in [1.807, 2.05) is 0 Å². The number of carboxylic acid groups (broad SMARTS) is 1. The molecule has 1 rings (SSSR count). The Morgan fingerprint density at radius 2 is 2.24 bits per heavy atom. The number of aliphatic carboxylic acids is 1. The monoisotopic (exact) mass is 247 g/mol. The topological polar surface area (TPSA) is 119 Å². The Bertz CT molecular complexity index is 478. The Kier molecular flexibility index (Phi) is 3.51. The summed E-state index contributed by atoms with van der Waals surface area (Å²) < 4.78 is 25.2. The highest BCUT2D eigenvalue weighted by Crippen LogP contribution is 2.29. The number of alkyl halides is 2. The SMILES string of the molecule is Nc1nc([N+](=O)[O-])cc(C(F)F)c1CC(=O)O. The molecule has 0 aliphatic rings. The van der Waals surface area contributed by atoms with E-state index in [4.69, 9.17) is 10.8 Å². The highest BCUT2D eigenvalue weighted by molar-refractivity contribution is 5.73. The van der Waals surface area contributed by atoms with Gasteiger partial charge in [0.1, 0.15) is 0 Å². The second-order valence-corrected chi connectivity index (χ2v) is 3.06. The predicted octanol–water partition coefficient (Wildman–Crippen LogP) is 1.14. The molecule has 0 aromatic carbocycles. The van der Waals surface area contributed by atoms with Crippen LogP contribution in [0.5, 0.6) is 0 Å². The molecule has 1 aromatic heterocycles. The molecule has 1 heterocycles. The molecule has 9 heteroatoms. The van der Waals surface area contributed by atoms with Crippen LogP contribution in [-0.2, 0) is 11.2 Å². The zero-order valence-electron chi connectivity index (χ0n) is 8.26. The van der Waals surface area contributed by atoms with E-state index in [9.17, 15) is 23.7 Å². The number of nitro groups is 1. The molecule has 92 valence electrons. The van der Waals surface area contributed by atoms with Crippen LogP contribution in [0.25, 0.3) is 0 Å². The third-order valence-corrected chi connectivity index (χ3v) is 1.93. The minimum absolute atomic E-state index is 0.405. The van der Waals surface area contributed by atoms with E-state index in [1.54, 1.807) is 0 Å². The summed E-state index contributed by atoms with van der Waals surface area (Å²) in [6, 6.07) is 0.527. The van der Waals surface area contributed by atoms with Crippen LogP contribution in [0.15, 0.2) is 6.07 Å². The van der Waals surface area contributed by atoms with E-state index < -0.39 is 46.5 Å². The maximum atomic E-state index is 12.6. The first-order valence-corrected chi connectivity index (χ1v) is 4.26. The van der Waals surface area contributed by atoms with Crippen LogP contribution in [0.4, 0.5) is 20.4 Å². The summed E-state index contributed by atoms with van der Waals surface area (Å²) in [6.07, 6.45) is -3.83. The van der Waals surface area contributed by atoms with E-state index in [0.717, 1.165) is 0 Å². The van der Waals surface area contributed by atoms with Gasteiger partial charge in [-0.25, -0.2) is 8.78 Å². The lowest BCUT2D eigenvalue weighted by atomic mass is 10.1. The minimum Gasteiger partial charge on any atom is -0.481 e. The van der Waals surface area contributed by atoms with Crippen molar-refractivity contribution < 1.29 is 23.6 Å². The third-order valence-electron chi connectivity index (χ3n) is 1.93. The van der Waals surface area contributed by atoms with Gasteiger partial charge in [0, 0.05) is 17.2 Å². The molecule has 0 bridgehead atoms. The van der Waals surface area contributed by atoms with Gasteiger partial charge in [-0.2, -0.15) is 0 Å². The Morgan fingerprint density at radius 1 is 1.65 bits per heavy atom. The number of nitrogen functional groups attached to an aromatic ring is 1. The van der Waals surface area contributed by atoms with E-state index in [2.05, 4.69) is 4.98 Å². The van der Waals surface area contributed by atoms with Gasteiger partial charge < -0.3 is 21.0 Å². The van der Waals surface area contributed by atoms with Gasteiger partial charge in [0.05, 0.1) is 6.42 Å². The largest absolute Gasteiger partial charge is 0.481 e. The van der Waals surface area contributed by atoms with Crippen LogP contribution in [-0.4, -0.2) is 21.0 Å². The Hall–Kier alpha value is -2.32. The third kappa shape index (κ3) is 2.83. The molecule has 3 N–H and O–H groups in total. The van der Waals surface area contributed by atoms with Gasteiger partial charge in [-0.3, -0.25) is 4.79 Å². The molecule has 0 saturated carbocycles. The first-order valence-electron chi connectivity index (χ1n) is 4.26. The highest BCUT2D eigenvalue weighted by atomic mass is 19.3. The van der Waals surface area contributed by atoms with Gasteiger partial charge in [-0.15, -0.1) is 0 Å². The fourth-order valence-corrected chi connectivity index (χ4v) is 1.23. The van der Waals surface area contributed by atoms with Crippen LogP contribution < -0.4 is 5.73 Å². The van der Waals surface area contributed by atoms with Crippen LogP contribution in [0.2, 0.25) is 0 Å². The number of nitrogens with two attached hydrogens (primary N) is 1. The molecule has 0 atom stereocenters. The van der Waals surface area contributed by atoms with Crippen molar-refractivity contribution in [3.63, 3.8) is 0 Å². The van der Waals surface area contributed by atoms with Gasteiger partial charge in [0.15, 0.2) is 0 Å². The number of rotatable bonds is 4. The van der Waals surface area contributed by atoms with Crippen molar-refractivity contribution in [1.29, 1.82) is 0 Å². The van der Waals surface area contributed by atoms with Gasteiger partial charge >= 0.3 is 11.8 Å². The van der Waals surface area contributed by atoms with Crippen molar-refractivity contribution >= 4 is 17.6 Å². The molecule has 0 saturated heterocycles. The lowest BCUT2D eigenvalue weighted by molar-refractivity contribution is -0.389. The fourth-order valence-electron chi connectivity index (χ4n) is 1.23. The average molecular weight is 247 g/mol. The quantitative estimate of drug-likeness (QED) is 0.608. The number of carbonyl (C=O) groups is 1. The second-order valence-electron chi connectivity index (χ2n) is 3.06. The number of carboxylic acids is 1. The van der Waals surface area contributed by atoms with Gasteiger partial charge in [0.25, 0.3) is 6.43 Å². The molecule has 0 radical (unpaired) electrons. The average Bonchev–Trinajstić information content (AvgIpc) is 2.19. The fraction of sp³-hybridized carbons (Fsp3) is 0.250. The molecule has 0 aliphatic heterocycles. The molecule has 0 fully saturated rings. The Balaban J connectivity index is 3.38. The van der Waals surface area contributed by atoms with Gasteiger partial charge in [-0.1, -0.05) is 0 Å². The minimum atomic E-state index is -3.06. The molecule has 0 unspecified atom stereocenters. The summed E-state index contributed by atoms with van der Waals surface area (Å²) in [5.74, 6) is -2.79. The van der Waals surface area contributed by atoms with Crippen LogP contribution >= 0.6 is 0 Å². The number of pyridine rings is 1.